The minimum Gasteiger partial charge on any atom is -0.481 e. The quantitative estimate of drug-likeness (QED) is 0.936. The zero-order valence-corrected chi connectivity index (χ0v) is 14.0. The molecule has 7 heteroatoms. The molecule has 1 aliphatic heterocycles. The smallest absolute Gasteiger partial charge is 0.308 e. The fourth-order valence-electron chi connectivity index (χ4n) is 3.13. The normalized spacial score (nSPS) is 18.2. The second kappa shape index (κ2) is 6.16. The number of hydrogen-bond acceptors (Lipinski definition) is 4. The molecule has 0 saturated carbocycles. The predicted molar refractivity (Wildman–Crippen MR) is 87.2 cm³/mol. The van der Waals surface area contributed by atoms with E-state index >= 15 is 0 Å². The Morgan fingerprint density at radius 2 is 2.17 bits per heavy atom. The van der Waals surface area contributed by atoms with Gasteiger partial charge < -0.3 is 10.0 Å². The van der Waals surface area contributed by atoms with Gasteiger partial charge in [-0.25, -0.2) is 4.98 Å². The lowest BCUT2D eigenvalue weighted by Crippen LogP contribution is -2.42. The van der Waals surface area contributed by atoms with Crippen LogP contribution < -0.4 is 0 Å². The van der Waals surface area contributed by atoms with Crippen LogP contribution in [0, 0.1) is 19.8 Å². The molecule has 1 saturated heterocycles. The number of carboxylic acids is 1. The zero-order valence-electron chi connectivity index (χ0n) is 13.2. The first-order chi connectivity index (χ1) is 11.0. The summed E-state index contributed by atoms with van der Waals surface area (Å²) in [4.78, 5) is 30.0. The van der Waals surface area contributed by atoms with Gasteiger partial charge in [-0.05, 0) is 32.8 Å². The average Bonchev–Trinajstić information content (AvgIpc) is 3.14. The number of aliphatic carboxylic acids is 1. The highest BCUT2D eigenvalue weighted by Gasteiger charge is 2.30. The molecule has 0 unspecified atom stereocenters. The first-order valence-electron chi connectivity index (χ1n) is 7.60. The number of likely N-dealkylation sites (tertiary alicyclic amines) is 1. The highest BCUT2D eigenvalue weighted by Crippen LogP contribution is 2.25. The lowest BCUT2D eigenvalue weighted by Gasteiger charge is -2.30. The maximum atomic E-state index is 12.8. The number of carbonyl (C=O) groups excluding carboxylic acids is 1. The maximum Gasteiger partial charge on any atom is 0.308 e. The summed E-state index contributed by atoms with van der Waals surface area (Å²) in [5, 5.41) is 11.9. The van der Waals surface area contributed by atoms with Gasteiger partial charge in [0, 0.05) is 36.1 Å². The fourth-order valence-corrected chi connectivity index (χ4v) is 3.89. The molecule has 0 bridgehead atoms. The van der Waals surface area contributed by atoms with E-state index in [-0.39, 0.29) is 12.5 Å². The number of carboxylic acid groups (broad SMARTS) is 1. The molecule has 1 fully saturated rings. The molecule has 1 atom stereocenters. The van der Waals surface area contributed by atoms with Crippen LogP contribution in [0.15, 0.2) is 17.6 Å². The van der Waals surface area contributed by atoms with E-state index in [2.05, 4.69) is 4.98 Å². The van der Waals surface area contributed by atoms with Crippen molar-refractivity contribution in [2.24, 2.45) is 5.92 Å². The Labute approximate surface area is 138 Å². The van der Waals surface area contributed by atoms with Gasteiger partial charge in [-0.1, -0.05) is 0 Å². The van der Waals surface area contributed by atoms with Crippen molar-refractivity contribution >= 4 is 23.2 Å². The van der Waals surface area contributed by atoms with E-state index in [0.29, 0.717) is 18.5 Å². The number of carbonyl (C=O) groups is 2. The second-order valence-corrected chi connectivity index (χ2v) is 6.74. The van der Waals surface area contributed by atoms with Crippen LogP contribution in [0.4, 0.5) is 0 Å². The number of piperidine rings is 1. The Kier molecular flexibility index (Phi) is 4.21. The van der Waals surface area contributed by atoms with Crippen molar-refractivity contribution in [1.82, 2.24) is 14.5 Å². The highest BCUT2D eigenvalue weighted by molar-refractivity contribution is 7.12. The second-order valence-electron chi connectivity index (χ2n) is 5.86. The van der Waals surface area contributed by atoms with Gasteiger partial charge in [0.25, 0.3) is 5.91 Å². The summed E-state index contributed by atoms with van der Waals surface area (Å²) in [7, 11) is 0. The summed E-state index contributed by atoms with van der Waals surface area (Å²) < 4.78 is 1.97. The fraction of sp³-hybridized carbons (Fsp3) is 0.438. The van der Waals surface area contributed by atoms with E-state index in [4.69, 9.17) is 0 Å². The molecular formula is C16H19N3O3S. The molecule has 0 aliphatic carbocycles. The van der Waals surface area contributed by atoms with Crippen molar-refractivity contribution in [2.75, 3.05) is 13.1 Å². The number of rotatable bonds is 3. The summed E-state index contributed by atoms with van der Waals surface area (Å²) in [5.74, 6) is -1.38. The van der Waals surface area contributed by atoms with Gasteiger partial charge >= 0.3 is 5.97 Å². The first kappa shape index (κ1) is 15.7. The molecule has 0 spiro atoms. The Balaban J connectivity index is 1.89. The van der Waals surface area contributed by atoms with Crippen molar-refractivity contribution in [2.45, 2.75) is 26.7 Å². The molecule has 1 aliphatic rings. The predicted octanol–water partition coefficient (Wildman–Crippen LogP) is 2.49. The van der Waals surface area contributed by atoms with Gasteiger partial charge in [0.05, 0.1) is 11.5 Å². The maximum absolute atomic E-state index is 12.8. The van der Waals surface area contributed by atoms with Crippen molar-refractivity contribution in [1.29, 1.82) is 0 Å². The van der Waals surface area contributed by atoms with E-state index in [0.717, 1.165) is 22.9 Å². The third-order valence-electron chi connectivity index (χ3n) is 4.33. The number of aromatic nitrogens is 2. The molecule has 1 amide bonds. The van der Waals surface area contributed by atoms with Crippen molar-refractivity contribution in [3.05, 3.63) is 34.6 Å². The largest absolute Gasteiger partial charge is 0.481 e. The molecule has 3 heterocycles. The van der Waals surface area contributed by atoms with Crippen LogP contribution in [0.3, 0.4) is 0 Å². The first-order valence-corrected chi connectivity index (χ1v) is 8.48. The molecule has 6 nitrogen and oxygen atoms in total. The summed E-state index contributed by atoms with van der Waals surface area (Å²) in [6.07, 6.45) is 3.10. The van der Waals surface area contributed by atoms with Crippen LogP contribution in [-0.4, -0.2) is 44.5 Å². The number of aryl methyl sites for hydroxylation is 1. The van der Waals surface area contributed by atoms with Gasteiger partial charge in [-0.3, -0.25) is 14.2 Å². The van der Waals surface area contributed by atoms with E-state index in [9.17, 15) is 14.7 Å². The minimum absolute atomic E-state index is 0.0909. The van der Waals surface area contributed by atoms with Crippen LogP contribution in [-0.2, 0) is 4.79 Å². The van der Waals surface area contributed by atoms with E-state index in [1.54, 1.807) is 11.1 Å². The molecule has 2 aromatic heterocycles. The SMILES string of the molecule is Cc1cc(C(=O)N2CCC[C@@H](C(=O)O)C2)c(C)n1-c1nccs1. The monoisotopic (exact) mass is 333 g/mol. The summed E-state index contributed by atoms with van der Waals surface area (Å²) in [5.41, 5.74) is 2.43. The third-order valence-corrected chi connectivity index (χ3v) is 5.09. The Morgan fingerprint density at radius 3 is 2.83 bits per heavy atom. The van der Waals surface area contributed by atoms with Crippen molar-refractivity contribution in [3.63, 3.8) is 0 Å². The van der Waals surface area contributed by atoms with Crippen LogP contribution in [0.2, 0.25) is 0 Å². The van der Waals surface area contributed by atoms with Crippen LogP contribution in [0.5, 0.6) is 0 Å². The molecule has 0 aromatic carbocycles. The van der Waals surface area contributed by atoms with Crippen molar-refractivity contribution < 1.29 is 14.7 Å². The zero-order chi connectivity index (χ0) is 16.6. The lowest BCUT2D eigenvalue weighted by molar-refractivity contribution is -0.143. The van der Waals surface area contributed by atoms with Gasteiger partial charge in [-0.2, -0.15) is 0 Å². The number of thiazole rings is 1. The van der Waals surface area contributed by atoms with Gasteiger partial charge in [0.1, 0.15) is 0 Å². The molecule has 3 rings (SSSR count). The molecule has 2 aromatic rings. The highest BCUT2D eigenvalue weighted by atomic mass is 32.1. The number of hydrogen-bond donors (Lipinski definition) is 1. The molecule has 23 heavy (non-hydrogen) atoms. The van der Waals surface area contributed by atoms with E-state index < -0.39 is 11.9 Å². The number of amides is 1. The lowest BCUT2D eigenvalue weighted by atomic mass is 9.97. The standard InChI is InChI=1S/C16H19N3O3S/c1-10-8-13(11(2)19(10)16-17-5-7-23-16)14(20)18-6-3-4-12(9-18)15(21)22/h5,7-8,12H,3-4,6,9H2,1-2H3,(H,21,22)/t12-/m1/s1. The van der Waals surface area contributed by atoms with Gasteiger partial charge in [0.15, 0.2) is 5.13 Å². The summed E-state index contributed by atoms with van der Waals surface area (Å²) in [6, 6.07) is 1.86. The molecule has 0 radical (unpaired) electrons. The molecule has 1 N–H and O–H groups in total. The third kappa shape index (κ3) is 2.88. The molecular weight excluding hydrogens is 314 g/mol. The van der Waals surface area contributed by atoms with Gasteiger partial charge in [0.2, 0.25) is 0 Å². The minimum atomic E-state index is -0.823. The van der Waals surface area contributed by atoms with E-state index in [1.165, 1.54) is 11.3 Å². The summed E-state index contributed by atoms with van der Waals surface area (Å²) in [6.45, 7) is 4.75. The average molecular weight is 333 g/mol. The van der Waals surface area contributed by atoms with Crippen LogP contribution >= 0.6 is 11.3 Å². The molecule has 122 valence electrons. The Hall–Kier alpha value is -2.15. The van der Waals surface area contributed by atoms with Crippen molar-refractivity contribution in [3.8, 4) is 5.13 Å². The van der Waals surface area contributed by atoms with Crippen LogP contribution in [0.1, 0.15) is 34.6 Å². The summed E-state index contributed by atoms with van der Waals surface area (Å²) >= 11 is 1.52. The number of nitrogens with zero attached hydrogens (tertiary/aromatic N) is 3. The topological polar surface area (TPSA) is 75.4 Å². The van der Waals surface area contributed by atoms with Gasteiger partial charge in [-0.15, -0.1) is 11.3 Å². The Morgan fingerprint density at radius 1 is 1.39 bits per heavy atom. The Bertz CT molecular complexity index is 736. The van der Waals surface area contributed by atoms with E-state index in [1.807, 2.05) is 29.9 Å². The van der Waals surface area contributed by atoms with Crippen LogP contribution in [0.25, 0.3) is 5.13 Å².